The van der Waals surface area contributed by atoms with Gasteiger partial charge < -0.3 is 17.1 Å². The van der Waals surface area contributed by atoms with Crippen LogP contribution in [0.5, 0.6) is 0 Å². The van der Waals surface area contributed by atoms with Gasteiger partial charge in [-0.25, -0.2) is 4.79 Å². The molecule has 1 rings (SSSR count). The second kappa shape index (κ2) is 10.9. The Bertz CT molecular complexity index is 702. The summed E-state index contributed by atoms with van der Waals surface area (Å²) in [7, 11) is -8.44. The van der Waals surface area contributed by atoms with Gasteiger partial charge in [0.2, 0.25) is 0 Å². The third-order valence-corrected chi connectivity index (χ3v) is 15.8. The van der Waals surface area contributed by atoms with Crippen LogP contribution in [-0.4, -0.2) is 39.7 Å². The molecule has 0 bridgehead atoms. The number of carbonyl (C=O) groups is 1. The first-order chi connectivity index (χ1) is 13.9. The summed E-state index contributed by atoms with van der Waals surface area (Å²) in [5, 5.41) is 0. The monoisotopic (exact) mass is 498 g/mol. The van der Waals surface area contributed by atoms with Crippen LogP contribution < -0.4 is 0 Å². The second-order valence-electron chi connectivity index (χ2n) is 11.0. The number of aryl methyl sites for hydroxylation is 1. The van der Waals surface area contributed by atoms with Crippen molar-refractivity contribution in [3.8, 4) is 0 Å². The van der Waals surface area contributed by atoms with Crippen LogP contribution in [0.2, 0.25) is 65.0 Å². The molecule has 5 nitrogen and oxygen atoms in total. The minimum absolute atomic E-state index is 0.251. The van der Waals surface area contributed by atoms with Crippen molar-refractivity contribution in [2.24, 2.45) is 0 Å². The fourth-order valence-corrected chi connectivity index (χ4v) is 17.6. The summed E-state index contributed by atoms with van der Waals surface area (Å²) in [6.07, 6.45) is 0.831. The van der Waals surface area contributed by atoms with E-state index >= 15 is 0 Å². The van der Waals surface area contributed by atoms with E-state index in [1.807, 2.05) is 12.1 Å². The molecule has 0 aliphatic carbocycles. The Labute approximate surface area is 193 Å². The number of hydrogen-bond donors (Lipinski definition) is 0. The molecule has 31 heavy (non-hydrogen) atoms. The molecule has 9 heteroatoms. The van der Waals surface area contributed by atoms with Crippen LogP contribution in [0.25, 0.3) is 0 Å². The summed E-state index contributed by atoms with van der Waals surface area (Å²) < 4.78 is 25.5. The first-order valence-corrected chi connectivity index (χ1v) is 23.1. The summed E-state index contributed by atoms with van der Waals surface area (Å²) in [4.78, 5) is 11.6. The molecule has 0 radical (unpaired) electrons. The Morgan fingerprint density at radius 3 is 1.52 bits per heavy atom. The zero-order valence-corrected chi connectivity index (χ0v) is 25.2. The maximum atomic E-state index is 11.6. The smallest absolute Gasteiger partial charge is 0.457 e. The van der Waals surface area contributed by atoms with Crippen molar-refractivity contribution in [3.63, 3.8) is 0 Å². The first-order valence-electron chi connectivity index (χ1n) is 10.9. The van der Waals surface area contributed by atoms with Crippen LogP contribution in [0.1, 0.15) is 18.1 Å². The lowest BCUT2D eigenvalue weighted by molar-refractivity contribution is -0.140. The van der Waals surface area contributed by atoms with Gasteiger partial charge in [0.05, 0.1) is 0 Å². The average Bonchev–Trinajstić information content (AvgIpc) is 2.54. The molecule has 0 aromatic heterocycles. The maximum Gasteiger partial charge on any atom is 0.469 e. The van der Waals surface area contributed by atoms with E-state index in [4.69, 9.17) is 17.1 Å². The van der Waals surface area contributed by atoms with Gasteiger partial charge in [0.1, 0.15) is 6.61 Å². The topological polar surface area (TPSA) is 54.0 Å². The van der Waals surface area contributed by atoms with Crippen LogP contribution in [0.15, 0.2) is 36.4 Å². The van der Waals surface area contributed by atoms with Crippen molar-refractivity contribution < 1.29 is 21.9 Å². The lowest BCUT2D eigenvalue weighted by Crippen LogP contribution is -2.60. The van der Waals surface area contributed by atoms with Crippen LogP contribution in [0.3, 0.4) is 0 Å². The fourth-order valence-electron chi connectivity index (χ4n) is 2.99. The standard InChI is InChI=1S/C22H42O5Si4/c1-19(2)22(23)24-18-21-14-12-20(13-15-21)16-17-31(25-28(3,4)5,26-29(6,7)8)27-30(9,10)11/h12-15H,1,16-18H2,2-11H3. The van der Waals surface area contributed by atoms with E-state index in [-0.39, 0.29) is 12.6 Å². The Balaban J connectivity index is 3.00. The highest BCUT2D eigenvalue weighted by atomic mass is 28.5. The number of rotatable bonds is 12. The van der Waals surface area contributed by atoms with E-state index in [0.717, 1.165) is 18.0 Å². The molecule has 0 heterocycles. The molecule has 0 amide bonds. The van der Waals surface area contributed by atoms with E-state index in [9.17, 15) is 4.79 Å². The van der Waals surface area contributed by atoms with E-state index in [1.54, 1.807) is 6.92 Å². The van der Waals surface area contributed by atoms with Crippen LogP contribution >= 0.6 is 0 Å². The van der Waals surface area contributed by atoms with Gasteiger partial charge in [0.15, 0.2) is 25.0 Å². The molecule has 1 aromatic rings. The zero-order chi connectivity index (χ0) is 24.1. The van der Waals surface area contributed by atoms with Crippen molar-refractivity contribution in [2.75, 3.05) is 0 Å². The average molecular weight is 499 g/mol. The summed E-state index contributed by atoms with van der Waals surface area (Å²) in [6.45, 7) is 25.4. The van der Waals surface area contributed by atoms with Gasteiger partial charge in [-0.15, -0.1) is 0 Å². The number of benzene rings is 1. The molecule has 1 aromatic carbocycles. The Morgan fingerprint density at radius 1 is 0.774 bits per heavy atom. The first kappa shape index (κ1) is 28.2. The molecular formula is C22H42O5Si4. The molecule has 0 saturated carbocycles. The third kappa shape index (κ3) is 12.1. The summed E-state index contributed by atoms with van der Waals surface area (Å²) in [5.41, 5.74) is 2.56. The largest absolute Gasteiger partial charge is 0.469 e. The highest BCUT2D eigenvalue weighted by molar-refractivity contribution is 6.90. The molecule has 0 spiro atoms. The van der Waals surface area contributed by atoms with Crippen molar-refractivity contribution in [2.45, 2.75) is 84.9 Å². The fraction of sp³-hybridized carbons (Fsp3) is 0.591. The molecule has 0 saturated heterocycles. The van der Waals surface area contributed by atoms with E-state index in [1.165, 1.54) is 5.56 Å². The molecule has 0 unspecified atom stereocenters. The van der Waals surface area contributed by atoms with Crippen LogP contribution in [-0.2, 0) is 34.9 Å². The molecule has 0 fully saturated rings. The lowest BCUT2D eigenvalue weighted by atomic mass is 10.1. The number of carbonyl (C=O) groups excluding carboxylic acids is 1. The molecule has 176 valence electrons. The molecule has 0 atom stereocenters. The van der Waals surface area contributed by atoms with Crippen molar-refractivity contribution >= 4 is 39.7 Å². The van der Waals surface area contributed by atoms with Gasteiger partial charge >= 0.3 is 14.8 Å². The van der Waals surface area contributed by atoms with Crippen molar-refractivity contribution in [3.05, 3.63) is 47.5 Å². The quantitative estimate of drug-likeness (QED) is 0.191. The SMILES string of the molecule is C=C(C)C(=O)OCc1ccc(CC[Si](O[Si](C)(C)C)(O[Si](C)(C)C)O[Si](C)(C)C)cc1. The van der Waals surface area contributed by atoms with Crippen molar-refractivity contribution in [1.29, 1.82) is 0 Å². The van der Waals surface area contributed by atoms with E-state index in [0.29, 0.717) is 5.57 Å². The van der Waals surface area contributed by atoms with Gasteiger partial charge in [-0.2, -0.15) is 0 Å². The minimum Gasteiger partial charge on any atom is -0.457 e. The van der Waals surface area contributed by atoms with Gasteiger partial charge in [0, 0.05) is 11.6 Å². The molecule has 0 N–H and O–H groups in total. The third-order valence-electron chi connectivity index (χ3n) is 3.85. The minimum atomic E-state index is -2.83. The maximum absolute atomic E-state index is 11.6. The molecule has 0 aliphatic heterocycles. The zero-order valence-electron chi connectivity index (χ0n) is 21.2. The lowest BCUT2D eigenvalue weighted by Gasteiger charge is -2.43. The van der Waals surface area contributed by atoms with Gasteiger partial charge in [-0.1, -0.05) is 30.8 Å². The second-order valence-corrected chi connectivity index (χ2v) is 28.0. The van der Waals surface area contributed by atoms with Gasteiger partial charge in [-0.05, 0) is 83.4 Å². The highest BCUT2D eigenvalue weighted by Gasteiger charge is 2.49. The van der Waals surface area contributed by atoms with Crippen LogP contribution in [0.4, 0.5) is 0 Å². The highest BCUT2D eigenvalue weighted by Crippen LogP contribution is 2.30. The van der Waals surface area contributed by atoms with Crippen LogP contribution in [0, 0.1) is 0 Å². The Morgan fingerprint density at radius 2 is 1.16 bits per heavy atom. The summed E-state index contributed by atoms with van der Waals surface area (Å²) in [6, 6.07) is 8.95. The van der Waals surface area contributed by atoms with E-state index in [2.05, 4.69) is 77.6 Å². The molecule has 0 aliphatic rings. The number of hydrogen-bond acceptors (Lipinski definition) is 5. The number of ether oxygens (including phenoxy) is 1. The number of esters is 1. The van der Waals surface area contributed by atoms with E-state index < -0.39 is 33.8 Å². The van der Waals surface area contributed by atoms with Gasteiger partial charge in [-0.3, -0.25) is 0 Å². The Kier molecular flexibility index (Phi) is 9.89. The van der Waals surface area contributed by atoms with Crippen molar-refractivity contribution in [1.82, 2.24) is 0 Å². The predicted octanol–water partition coefficient (Wildman–Crippen LogP) is 6.34. The summed E-state index contributed by atoms with van der Waals surface area (Å²) in [5.74, 6) is -0.365. The molecular weight excluding hydrogens is 457 g/mol. The summed E-state index contributed by atoms with van der Waals surface area (Å²) >= 11 is 0. The Hall–Kier alpha value is -0.822. The van der Waals surface area contributed by atoms with Gasteiger partial charge in [0.25, 0.3) is 0 Å². The predicted molar refractivity (Wildman–Crippen MR) is 139 cm³/mol. The normalized spacial score (nSPS) is 13.2.